The SMILES string of the molecule is OC1(Cc2cc3c(cc2C(F)F)OCCCO3)CC1. The monoisotopic (exact) mass is 270 g/mol. The lowest BCUT2D eigenvalue weighted by atomic mass is 9.99. The highest BCUT2D eigenvalue weighted by molar-refractivity contribution is 5.49. The Morgan fingerprint density at radius 1 is 1.16 bits per heavy atom. The lowest BCUT2D eigenvalue weighted by molar-refractivity contribution is 0.138. The Balaban J connectivity index is 1.98. The van der Waals surface area contributed by atoms with Gasteiger partial charge in [0.25, 0.3) is 6.43 Å². The average Bonchev–Trinajstić information content (AvgIpc) is 3.11. The fourth-order valence-electron chi connectivity index (χ4n) is 2.30. The molecular formula is C14H16F2O3. The quantitative estimate of drug-likeness (QED) is 0.918. The molecule has 0 amide bonds. The molecule has 0 unspecified atom stereocenters. The Labute approximate surface area is 110 Å². The first-order valence-corrected chi connectivity index (χ1v) is 6.50. The van der Waals surface area contributed by atoms with Crippen molar-refractivity contribution >= 4 is 0 Å². The van der Waals surface area contributed by atoms with Crippen LogP contribution in [0.1, 0.15) is 36.8 Å². The molecule has 5 heteroatoms. The van der Waals surface area contributed by atoms with Gasteiger partial charge in [0.15, 0.2) is 11.5 Å². The molecular weight excluding hydrogens is 254 g/mol. The number of aliphatic hydroxyl groups is 1. The van der Waals surface area contributed by atoms with E-state index in [1.165, 1.54) is 6.07 Å². The molecule has 1 aliphatic heterocycles. The van der Waals surface area contributed by atoms with Crippen LogP contribution in [-0.2, 0) is 6.42 Å². The maximum absolute atomic E-state index is 13.1. The average molecular weight is 270 g/mol. The molecule has 0 saturated heterocycles. The molecule has 1 saturated carbocycles. The number of rotatable bonds is 3. The van der Waals surface area contributed by atoms with E-state index in [2.05, 4.69) is 0 Å². The van der Waals surface area contributed by atoms with Crippen LogP contribution in [0.5, 0.6) is 11.5 Å². The molecule has 0 spiro atoms. The first kappa shape index (κ1) is 12.7. The molecule has 1 aromatic rings. The van der Waals surface area contributed by atoms with Crippen molar-refractivity contribution in [2.75, 3.05) is 13.2 Å². The van der Waals surface area contributed by atoms with Gasteiger partial charge in [-0.2, -0.15) is 0 Å². The lowest BCUT2D eigenvalue weighted by Gasteiger charge is -2.16. The van der Waals surface area contributed by atoms with Gasteiger partial charge in [-0.3, -0.25) is 0 Å². The largest absolute Gasteiger partial charge is 0.490 e. The summed E-state index contributed by atoms with van der Waals surface area (Å²) in [4.78, 5) is 0. The predicted molar refractivity (Wildman–Crippen MR) is 64.9 cm³/mol. The summed E-state index contributed by atoms with van der Waals surface area (Å²) in [5.74, 6) is 0.875. The van der Waals surface area contributed by atoms with Gasteiger partial charge < -0.3 is 14.6 Å². The van der Waals surface area contributed by atoms with E-state index in [9.17, 15) is 13.9 Å². The predicted octanol–water partition coefficient (Wildman–Crippen LogP) is 2.85. The Morgan fingerprint density at radius 2 is 1.79 bits per heavy atom. The maximum Gasteiger partial charge on any atom is 0.264 e. The smallest absolute Gasteiger partial charge is 0.264 e. The second-order valence-electron chi connectivity index (χ2n) is 5.25. The van der Waals surface area contributed by atoms with Gasteiger partial charge >= 0.3 is 0 Å². The van der Waals surface area contributed by atoms with Gasteiger partial charge in [-0.05, 0) is 30.5 Å². The third-order valence-electron chi connectivity index (χ3n) is 3.59. The second kappa shape index (κ2) is 4.63. The zero-order valence-corrected chi connectivity index (χ0v) is 10.5. The highest BCUT2D eigenvalue weighted by Gasteiger charge is 2.41. The van der Waals surface area contributed by atoms with Crippen LogP contribution in [0.25, 0.3) is 0 Å². The topological polar surface area (TPSA) is 38.7 Å². The number of ether oxygens (including phenoxy) is 2. The summed E-state index contributed by atoms with van der Waals surface area (Å²) in [5, 5.41) is 9.93. The fourth-order valence-corrected chi connectivity index (χ4v) is 2.30. The number of hydrogen-bond acceptors (Lipinski definition) is 3. The Hall–Kier alpha value is -1.36. The van der Waals surface area contributed by atoms with Crippen LogP contribution in [-0.4, -0.2) is 23.9 Å². The van der Waals surface area contributed by atoms with Crippen molar-refractivity contribution in [2.45, 2.75) is 37.7 Å². The van der Waals surface area contributed by atoms with Gasteiger partial charge in [0.1, 0.15) is 0 Å². The highest BCUT2D eigenvalue weighted by Crippen LogP contribution is 2.43. The van der Waals surface area contributed by atoms with E-state index in [0.717, 1.165) is 6.42 Å². The number of halogens is 2. The lowest BCUT2D eigenvalue weighted by Crippen LogP contribution is -2.13. The molecule has 1 heterocycles. The van der Waals surface area contributed by atoms with Crippen LogP contribution < -0.4 is 9.47 Å². The third-order valence-corrected chi connectivity index (χ3v) is 3.59. The molecule has 0 atom stereocenters. The molecule has 3 rings (SSSR count). The van der Waals surface area contributed by atoms with Crippen LogP contribution in [0.3, 0.4) is 0 Å². The first-order chi connectivity index (χ1) is 9.07. The summed E-state index contributed by atoms with van der Waals surface area (Å²) in [5.41, 5.74) is -0.410. The molecule has 0 aromatic heterocycles. The second-order valence-corrected chi connectivity index (χ2v) is 5.25. The van der Waals surface area contributed by atoms with Crippen molar-refractivity contribution in [3.63, 3.8) is 0 Å². The number of hydrogen-bond donors (Lipinski definition) is 1. The molecule has 1 fully saturated rings. The summed E-state index contributed by atoms with van der Waals surface area (Å²) < 4.78 is 37.2. The molecule has 19 heavy (non-hydrogen) atoms. The van der Waals surface area contributed by atoms with Crippen LogP contribution in [0, 0.1) is 0 Å². The van der Waals surface area contributed by atoms with E-state index in [1.54, 1.807) is 6.07 Å². The van der Waals surface area contributed by atoms with Crippen LogP contribution in [0.4, 0.5) is 8.78 Å². The standard InChI is InChI=1S/C14H16F2O3/c15-13(16)10-7-12-11(18-4-1-5-19-12)6-9(10)8-14(17)2-3-14/h6-7,13,17H,1-5,8H2. The maximum atomic E-state index is 13.1. The number of benzene rings is 1. The first-order valence-electron chi connectivity index (χ1n) is 6.50. The van der Waals surface area contributed by atoms with Gasteiger partial charge in [-0.1, -0.05) is 0 Å². The van der Waals surface area contributed by atoms with Crippen molar-refractivity contribution in [1.29, 1.82) is 0 Å². The Bertz CT molecular complexity index is 484. The summed E-state index contributed by atoms with van der Waals surface area (Å²) in [6, 6.07) is 2.95. The van der Waals surface area contributed by atoms with Gasteiger partial charge in [0.2, 0.25) is 0 Å². The van der Waals surface area contributed by atoms with Crippen molar-refractivity contribution in [2.24, 2.45) is 0 Å². The third kappa shape index (κ3) is 2.66. The minimum Gasteiger partial charge on any atom is -0.490 e. The van der Waals surface area contributed by atoms with Gasteiger partial charge in [0, 0.05) is 18.4 Å². The van der Waals surface area contributed by atoms with Crippen LogP contribution >= 0.6 is 0 Å². The summed E-state index contributed by atoms with van der Waals surface area (Å²) in [6.07, 6.45) is -0.246. The van der Waals surface area contributed by atoms with Gasteiger partial charge in [-0.25, -0.2) is 8.78 Å². The molecule has 0 bridgehead atoms. The minimum absolute atomic E-state index is 0.0652. The molecule has 0 radical (unpaired) electrons. The normalized spacial score (nSPS) is 20.2. The van der Waals surface area contributed by atoms with E-state index < -0.39 is 12.0 Å². The Morgan fingerprint density at radius 3 is 2.37 bits per heavy atom. The van der Waals surface area contributed by atoms with Crippen molar-refractivity contribution in [3.05, 3.63) is 23.3 Å². The summed E-state index contributed by atoms with van der Waals surface area (Å²) in [6.45, 7) is 0.990. The van der Waals surface area contributed by atoms with Crippen molar-refractivity contribution in [1.82, 2.24) is 0 Å². The molecule has 1 aliphatic carbocycles. The minimum atomic E-state index is -2.57. The van der Waals surface area contributed by atoms with Crippen LogP contribution in [0.2, 0.25) is 0 Å². The molecule has 1 N–H and O–H groups in total. The van der Waals surface area contributed by atoms with E-state index in [0.29, 0.717) is 43.1 Å². The molecule has 1 aromatic carbocycles. The van der Waals surface area contributed by atoms with Crippen molar-refractivity contribution < 1.29 is 23.4 Å². The zero-order valence-electron chi connectivity index (χ0n) is 10.5. The zero-order chi connectivity index (χ0) is 13.5. The van der Waals surface area contributed by atoms with Crippen molar-refractivity contribution in [3.8, 4) is 11.5 Å². The Kier molecular flexibility index (Phi) is 3.09. The molecule has 104 valence electrons. The van der Waals surface area contributed by atoms with E-state index in [4.69, 9.17) is 9.47 Å². The van der Waals surface area contributed by atoms with E-state index in [-0.39, 0.29) is 12.0 Å². The highest BCUT2D eigenvalue weighted by atomic mass is 19.3. The molecule has 2 aliphatic rings. The van der Waals surface area contributed by atoms with E-state index >= 15 is 0 Å². The van der Waals surface area contributed by atoms with Gasteiger partial charge in [0.05, 0.1) is 18.8 Å². The summed E-state index contributed by atoms with van der Waals surface area (Å²) >= 11 is 0. The van der Waals surface area contributed by atoms with Gasteiger partial charge in [-0.15, -0.1) is 0 Å². The number of alkyl halides is 2. The summed E-state index contributed by atoms with van der Waals surface area (Å²) in [7, 11) is 0. The fraction of sp³-hybridized carbons (Fsp3) is 0.571. The molecule has 3 nitrogen and oxygen atoms in total. The van der Waals surface area contributed by atoms with Crippen LogP contribution in [0.15, 0.2) is 12.1 Å². The van der Waals surface area contributed by atoms with E-state index in [1.807, 2.05) is 0 Å². The number of fused-ring (bicyclic) bond motifs is 1.